The van der Waals surface area contributed by atoms with Crippen molar-refractivity contribution in [1.29, 1.82) is 0 Å². The Morgan fingerprint density at radius 3 is 2.50 bits per heavy atom. The molecule has 100 valence electrons. The molecule has 0 spiro atoms. The van der Waals surface area contributed by atoms with Crippen molar-refractivity contribution in [3.8, 4) is 0 Å². The molecule has 1 aliphatic heterocycles. The maximum Gasteiger partial charge on any atom is 0.225 e. The summed E-state index contributed by atoms with van der Waals surface area (Å²) < 4.78 is 0. The second kappa shape index (κ2) is 6.66. The van der Waals surface area contributed by atoms with Gasteiger partial charge in [-0.15, -0.1) is 0 Å². The Bertz CT molecular complexity index is 334. The Hall–Kier alpha value is -1.20. The third-order valence-corrected chi connectivity index (χ3v) is 3.58. The lowest BCUT2D eigenvalue weighted by Gasteiger charge is -2.35. The van der Waals surface area contributed by atoms with Crippen molar-refractivity contribution in [3.63, 3.8) is 0 Å². The number of nitrogens with zero attached hydrogens (tertiary/aromatic N) is 4. The molecule has 0 aromatic carbocycles. The molecule has 1 aromatic heterocycles. The van der Waals surface area contributed by atoms with Crippen molar-refractivity contribution in [2.75, 3.05) is 44.7 Å². The zero-order valence-electron chi connectivity index (χ0n) is 11.3. The van der Waals surface area contributed by atoms with Gasteiger partial charge in [0, 0.05) is 44.6 Å². The molecule has 0 radical (unpaired) electrons. The van der Waals surface area contributed by atoms with E-state index in [1.807, 2.05) is 25.5 Å². The topological polar surface area (TPSA) is 44.3 Å². The lowest BCUT2D eigenvalue weighted by Crippen LogP contribution is -2.47. The van der Waals surface area contributed by atoms with Crippen LogP contribution in [0, 0.1) is 0 Å². The van der Waals surface area contributed by atoms with E-state index in [0.29, 0.717) is 6.04 Å². The Morgan fingerprint density at radius 1 is 1.22 bits per heavy atom. The van der Waals surface area contributed by atoms with Crippen molar-refractivity contribution in [3.05, 3.63) is 18.5 Å². The van der Waals surface area contributed by atoms with Gasteiger partial charge in [-0.2, -0.15) is 0 Å². The lowest BCUT2D eigenvalue weighted by atomic mass is 10.2. The highest BCUT2D eigenvalue weighted by molar-refractivity contribution is 5.29. The third kappa shape index (κ3) is 3.65. The van der Waals surface area contributed by atoms with Gasteiger partial charge in [-0.1, -0.05) is 0 Å². The van der Waals surface area contributed by atoms with Gasteiger partial charge in [-0.05, 0) is 33.0 Å². The summed E-state index contributed by atoms with van der Waals surface area (Å²) in [5, 5.41) is 3.28. The van der Waals surface area contributed by atoms with E-state index < -0.39 is 0 Å². The minimum atomic E-state index is 0.598. The van der Waals surface area contributed by atoms with Crippen LogP contribution >= 0.6 is 0 Å². The van der Waals surface area contributed by atoms with Gasteiger partial charge in [0.1, 0.15) is 0 Å². The summed E-state index contributed by atoms with van der Waals surface area (Å²) >= 11 is 0. The van der Waals surface area contributed by atoms with E-state index >= 15 is 0 Å². The smallest absolute Gasteiger partial charge is 0.225 e. The summed E-state index contributed by atoms with van der Waals surface area (Å²) in [6, 6.07) is 2.46. The fourth-order valence-electron chi connectivity index (χ4n) is 2.15. The average Bonchev–Trinajstić information content (AvgIpc) is 2.46. The molecule has 1 fully saturated rings. The Balaban J connectivity index is 1.75. The SMILES string of the molecule is CNC(C)CCN1CCN(c2ncccn2)CC1. The normalized spacial score (nSPS) is 18.9. The van der Waals surface area contributed by atoms with E-state index in [-0.39, 0.29) is 0 Å². The van der Waals surface area contributed by atoms with E-state index in [1.54, 1.807) is 0 Å². The van der Waals surface area contributed by atoms with Gasteiger partial charge < -0.3 is 10.2 Å². The van der Waals surface area contributed by atoms with E-state index in [2.05, 4.69) is 32.0 Å². The average molecular weight is 249 g/mol. The van der Waals surface area contributed by atoms with Gasteiger partial charge >= 0.3 is 0 Å². The zero-order chi connectivity index (χ0) is 12.8. The maximum absolute atomic E-state index is 4.30. The summed E-state index contributed by atoms with van der Waals surface area (Å²) in [5.41, 5.74) is 0. The van der Waals surface area contributed by atoms with Crippen LogP contribution < -0.4 is 10.2 Å². The van der Waals surface area contributed by atoms with Gasteiger partial charge in [0.15, 0.2) is 0 Å². The van der Waals surface area contributed by atoms with Crippen LogP contribution in [-0.2, 0) is 0 Å². The largest absolute Gasteiger partial charge is 0.338 e. The van der Waals surface area contributed by atoms with Crippen molar-refractivity contribution >= 4 is 5.95 Å². The van der Waals surface area contributed by atoms with Crippen LogP contribution in [0.3, 0.4) is 0 Å². The van der Waals surface area contributed by atoms with Gasteiger partial charge in [0.2, 0.25) is 5.95 Å². The van der Waals surface area contributed by atoms with Crippen LogP contribution in [0.4, 0.5) is 5.95 Å². The number of hydrogen-bond donors (Lipinski definition) is 1. The van der Waals surface area contributed by atoms with E-state index in [0.717, 1.165) is 32.1 Å². The molecule has 0 saturated carbocycles. The molecule has 0 bridgehead atoms. The fourth-order valence-corrected chi connectivity index (χ4v) is 2.15. The Kier molecular flexibility index (Phi) is 4.90. The molecule has 1 unspecified atom stereocenters. The first-order valence-electron chi connectivity index (χ1n) is 6.71. The van der Waals surface area contributed by atoms with E-state index in [4.69, 9.17) is 0 Å². The zero-order valence-corrected chi connectivity index (χ0v) is 11.3. The molecular weight excluding hydrogens is 226 g/mol. The van der Waals surface area contributed by atoms with Crippen LogP contribution in [-0.4, -0.2) is 60.7 Å². The highest BCUT2D eigenvalue weighted by atomic mass is 15.3. The molecule has 1 aromatic rings. The third-order valence-electron chi connectivity index (χ3n) is 3.58. The second-order valence-corrected chi connectivity index (χ2v) is 4.86. The molecule has 5 nitrogen and oxygen atoms in total. The van der Waals surface area contributed by atoms with Crippen LogP contribution in [0.5, 0.6) is 0 Å². The second-order valence-electron chi connectivity index (χ2n) is 4.86. The molecule has 0 amide bonds. The summed E-state index contributed by atoms with van der Waals surface area (Å²) in [5.74, 6) is 0.862. The minimum Gasteiger partial charge on any atom is -0.338 e. The van der Waals surface area contributed by atoms with Crippen LogP contribution in [0.1, 0.15) is 13.3 Å². The number of piperazine rings is 1. The number of anilines is 1. The lowest BCUT2D eigenvalue weighted by molar-refractivity contribution is 0.245. The van der Waals surface area contributed by atoms with Crippen LogP contribution in [0.25, 0.3) is 0 Å². The van der Waals surface area contributed by atoms with Crippen molar-refractivity contribution < 1.29 is 0 Å². The maximum atomic E-state index is 4.30. The Labute approximate surface area is 109 Å². The number of aromatic nitrogens is 2. The van der Waals surface area contributed by atoms with Crippen molar-refractivity contribution in [2.45, 2.75) is 19.4 Å². The summed E-state index contributed by atoms with van der Waals surface area (Å²) in [6.07, 6.45) is 4.82. The first-order chi connectivity index (χ1) is 8.79. The number of hydrogen-bond acceptors (Lipinski definition) is 5. The predicted octanol–water partition coefficient (Wildman–Crippen LogP) is 0.597. The molecule has 2 rings (SSSR count). The predicted molar refractivity (Wildman–Crippen MR) is 73.8 cm³/mol. The standard InChI is InChI=1S/C13H23N5/c1-12(14-2)4-7-17-8-10-18(11-9-17)13-15-5-3-6-16-13/h3,5-6,12,14H,4,7-11H2,1-2H3. The molecule has 2 heterocycles. The highest BCUT2D eigenvalue weighted by Gasteiger charge is 2.18. The van der Waals surface area contributed by atoms with E-state index in [1.165, 1.54) is 13.0 Å². The van der Waals surface area contributed by atoms with Crippen LogP contribution in [0.2, 0.25) is 0 Å². The first kappa shape index (κ1) is 13.2. The number of rotatable bonds is 5. The monoisotopic (exact) mass is 249 g/mol. The molecule has 18 heavy (non-hydrogen) atoms. The van der Waals surface area contributed by atoms with Crippen LogP contribution in [0.15, 0.2) is 18.5 Å². The molecule has 1 aliphatic rings. The molecule has 5 heteroatoms. The molecule has 1 N–H and O–H groups in total. The summed E-state index contributed by atoms with van der Waals surface area (Å²) in [6.45, 7) is 7.67. The van der Waals surface area contributed by atoms with Crippen molar-refractivity contribution in [2.24, 2.45) is 0 Å². The van der Waals surface area contributed by atoms with Gasteiger partial charge in [-0.25, -0.2) is 9.97 Å². The Morgan fingerprint density at radius 2 is 1.89 bits per heavy atom. The molecule has 0 aliphatic carbocycles. The molecule has 1 atom stereocenters. The number of nitrogens with one attached hydrogen (secondary N) is 1. The molecular formula is C13H23N5. The summed E-state index contributed by atoms with van der Waals surface area (Å²) in [7, 11) is 2.02. The summed E-state index contributed by atoms with van der Waals surface area (Å²) in [4.78, 5) is 13.4. The first-order valence-corrected chi connectivity index (χ1v) is 6.71. The van der Waals surface area contributed by atoms with E-state index in [9.17, 15) is 0 Å². The van der Waals surface area contributed by atoms with Crippen molar-refractivity contribution in [1.82, 2.24) is 20.2 Å². The minimum absolute atomic E-state index is 0.598. The fraction of sp³-hybridized carbons (Fsp3) is 0.692. The molecule has 1 saturated heterocycles. The van der Waals surface area contributed by atoms with Gasteiger partial charge in [0.25, 0.3) is 0 Å². The van der Waals surface area contributed by atoms with Gasteiger partial charge in [0.05, 0.1) is 0 Å². The quantitative estimate of drug-likeness (QED) is 0.828. The van der Waals surface area contributed by atoms with Gasteiger partial charge in [-0.3, -0.25) is 4.90 Å². The highest BCUT2D eigenvalue weighted by Crippen LogP contribution is 2.10.